The van der Waals surface area contributed by atoms with Crippen molar-refractivity contribution >= 4 is 0 Å². The minimum atomic E-state index is 0.207. The Morgan fingerprint density at radius 1 is 1.03 bits per heavy atom. The molecule has 0 heterocycles. The highest BCUT2D eigenvalue weighted by molar-refractivity contribution is 5.60. The smallest absolute Gasteiger partial charge is 0.00259 e. The van der Waals surface area contributed by atoms with Crippen LogP contribution in [-0.4, -0.2) is 0 Å². The van der Waals surface area contributed by atoms with Gasteiger partial charge in [0.25, 0.3) is 0 Å². The first kappa shape index (κ1) is 23.6. The molecule has 0 heteroatoms. The van der Waals surface area contributed by atoms with Crippen molar-refractivity contribution in [3.8, 4) is 0 Å². The molecule has 33 heavy (non-hydrogen) atoms. The maximum absolute atomic E-state index is 4.40. The predicted octanol–water partition coefficient (Wildman–Crippen LogP) is 9.29. The highest BCUT2D eigenvalue weighted by atomic mass is 14.3. The summed E-state index contributed by atoms with van der Waals surface area (Å²) in [6.07, 6.45) is 17.3. The molecule has 4 rings (SSSR count). The van der Waals surface area contributed by atoms with Crippen molar-refractivity contribution in [2.75, 3.05) is 0 Å². The molecule has 0 nitrogen and oxygen atoms in total. The van der Waals surface area contributed by atoms with Crippen LogP contribution in [-0.2, 0) is 11.8 Å². The molecule has 1 unspecified atom stereocenters. The lowest BCUT2D eigenvalue weighted by Crippen LogP contribution is -2.10. The predicted molar refractivity (Wildman–Crippen MR) is 144 cm³/mol. The number of rotatable bonds is 7. The summed E-state index contributed by atoms with van der Waals surface area (Å²) in [4.78, 5) is 0. The highest BCUT2D eigenvalue weighted by Crippen LogP contribution is 2.43. The van der Waals surface area contributed by atoms with Crippen LogP contribution in [0.5, 0.6) is 0 Å². The number of hydrogen-bond acceptors (Lipinski definition) is 0. The first-order valence-electron chi connectivity index (χ1n) is 12.6. The Balaban J connectivity index is 1.29. The zero-order valence-electron chi connectivity index (χ0n) is 21.5. The topological polar surface area (TPSA) is 0 Å². The molecule has 0 aliphatic heterocycles. The van der Waals surface area contributed by atoms with Gasteiger partial charge in [0, 0.05) is 5.92 Å². The van der Waals surface area contributed by atoms with Gasteiger partial charge in [0.05, 0.1) is 0 Å². The van der Waals surface area contributed by atoms with Crippen LogP contribution in [0.1, 0.15) is 78.4 Å². The molecule has 1 aromatic carbocycles. The van der Waals surface area contributed by atoms with Crippen molar-refractivity contribution in [2.24, 2.45) is 5.92 Å². The van der Waals surface area contributed by atoms with Crippen LogP contribution in [0.3, 0.4) is 0 Å². The van der Waals surface area contributed by atoms with Gasteiger partial charge in [-0.25, -0.2) is 0 Å². The SMILES string of the molecule is C=C(CCC1=CC=C(C2=C(C)C=C(C3=CCC(C)=C3)C2)C1C)Cc1ccc(C(C)(C)C)cc1. The lowest BCUT2D eigenvalue weighted by molar-refractivity contribution is 0.590. The normalized spacial score (nSPS) is 20.5. The second-order valence-electron chi connectivity index (χ2n) is 11.3. The van der Waals surface area contributed by atoms with Crippen molar-refractivity contribution in [3.63, 3.8) is 0 Å². The van der Waals surface area contributed by atoms with E-state index in [0.29, 0.717) is 5.92 Å². The molecule has 0 fully saturated rings. The van der Waals surface area contributed by atoms with Crippen LogP contribution in [0.25, 0.3) is 0 Å². The second kappa shape index (κ2) is 9.34. The second-order valence-corrected chi connectivity index (χ2v) is 11.3. The summed E-state index contributed by atoms with van der Waals surface area (Å²) in [5, 5.41) is 0. The van der Waals surface area contributed by atoms with Crippen LogP contribution >= 0.6 is 0 Å². The van der Waals surface area contributed by atoms with Crippen molar-refractivity contribution < 1.29 is 0 Å². The molecule has 0 saturated carbocycles. The molecule has 0 aromatic heterocycles. The molecule has 1 atom stereocenters. The fourth-order valence-electron chi connectivity index (χ4n) is 5.29. The molecule has 0 bridgehead atoms. The third-order valence-electron chi connectivity index (χ3n) is 7.54. The highest BCUT2D eigenvalue weighted by Gasteiger charge is 2.26. The first-order chi connectivity index (χ1) is 15.6. The maximum Gasteiger partial charge on any atom is 0.00259 e. The van der Waals surface area contributed by atoms with Gasteiger partial charge in [-0.05, 0) is 90.4 Å². The minimum absolute atomic E-state index is 0.207. The number of hydrogen-bond donors (Lipinski definition) is 0. The monoisotopic (exact) mass is 436 g/mol. The van der Waals surface area contributed by atoms with Crippen molar-refractivity contribution in [1.29, 1.82) is 0 Å². The Hall–Kier alpha value is -2.60. The Bertz CT molecular complexity index is 1130. The summed E-state index contributed by atoms with van der Waals surface area (Å²) in [6, 6.07) is 9.11. The molecular weight excluding hydrogens is 396 g/mol. The number of benzene rings is 1. The summed E-state index contributed by atoms with van der Waals surface area (Å²) < 4.78 is 0. The zero-order chi connectivity index (χ0) is 23.8. The Morgan fingerprint density at radius 3 is 2.39 bits per heavy atom. The Morgan fingerprint density at radius 2 is 1.76 bits per heavy atom. The van der Waals surface area contributed by atoms with Gasteiger partial charge in [-0.15, -0.1) is 0 Å². The van der Waals surface area contributed by atoms with Crippen molar-refractivity contribution in [3.05, 3.63) is 117 Å². The van der Waals surface area contributed by atoms with E-state index >= 15 is 0 Å². The van der Waals surface area contributed by atoms with E-state index in [2.05, 4.69) is 103 Å². The maximum atomic E-state index is 4.40. The fourth-order valence-corrected chi connectivity index (χ4v) is 5.29. The van der Waals surface area contributed by atoms with Crippen LogP contribution in [0.15, 0.2) is 106 Å². The van der Waals surface area contributed by atoms with Gasteiger partial charge in [0.1, 0.15) is 0 Å². The van der Waals surface area contributed by atoms with E-state index in [1.807, 2.05) is 0 Å². The largest absolute Gasteiger partial charge is 0.0995 e. The van der Waals surface area contributed by atoms with E-state index in [-0.39, 0.29) is 5.41 Å². The molecule has 3 aliphatic carbocycles. The molecule has 1 aromatic rings. The standard InChI is InChI=1S/C33H40/c1-22(18-26-10-15-30(16-11-26)33(5,6)7)8-12-27-14-17-31(25(27)4)32-21-29(20-24(32)3)28-13-9-23(2)19-28/h10-11,13-17,19-20,25H,1,8-9,12,18,21H2,2-7H3. The van der Waals surface area contributed by atoms with Gasteiger partial charge < -0.3 is 0 Å². The molecule has 0 spiro atoms. The molecule has 3 aliphatic rings. The molecule has 0 saturated heterocycles. The summed E-state index contributed by atoms with van der Waals surface area (Å²) in [5.74, 6) is 0.511. The van der Waals surface area contributed by atoms with Crippen LogP contribution in [0, 0.1) is 5.92 Å². The Labute approximate surface area is 201 Å². The Kier molecular flexibility index (Phi) is 6.66. The minimum Gasteiger partial charge on any atom is -0.0995 e. The van der Waals surface area contributed by atoms with E-state index in [1.165, 1.54) is 44.6 Å². The van der Waals surface area contributed by atoms with Gasteiger partial charge >= 0.3 is 0 Å². The van der Waals surface area contributed by atoms with Crippen molar-refractivity contribution in [1.82, 2.24) is 0 Å². The van der Waals surface area contributed by atoms with E-state index in [1.54, 1.807) is 11.1 Å². The summed E-state index contributed by atoms with van der Waals surface area (Å²) in [6.45, 7) is 18.1. The molecule has 0 radical (unpaired) electrons. The van der Waals surface area contributed by atoms with Crippen LogP contribution in [0.2, 0.25) is 0 Å². The summed E-state index contributed by atoms with van der Waals surface area (Å²) in [7, 11) is 0. The molecule has 0 N–H and O–H groups in total. The van der Waals surface area contributed by atoms with E-state index in [4.69, 9.17) is 0 Å². The van der Waals surface area contributed by atoms with Crippen LogP contribution < -0.4 is 0 Å². The van der Waals surface area contributed by atoms with E-state index in [0.717, 1.165) is 32.1 Å². The van der Waals surface area contributed by atoms with Gasteiger partial charge in [-0.2, -0.15) is 0 Å². The molecular formula is C33H40. The average molecular weight is 437 g/mol. The summed E-state index contributed by atoms with van der Waals surface area (Å²) in [5.41, 5.74) is 14.8. The molecule has 0 amide bonds. The van der Waals surface area contributed by atoms with Crippen molar-refractivity contribution in [2.45, 2.75) is 79.1 Å². The lowest BCUT2D eigenvalue weighted by atomic mass is 9.85. The van der Waals surface area contributed by atoms with Gasteiger partial charge in [-0.3, -0.25) is 0 Å². The quantitative estimate of drug-likeness (QED) is 0.373. The van der Waals surface area contributed by atoms with E-state index in [9.17, 15) is 0 Å². The number of allylic oxidation sites excluding steroid dienone is 13. The average Bonchev–Trinajstić information content (AvgIpc) is 3.45. The van der Waals surface area contributed by atoms with E-state index < -0.39 is 0 Å². The third-order valence-corrected chi connectivity index (χ3v) is 7.54. The lowest BCUT2D eigenvalue weighted by Gasteiger charge is -2.19. The van der Waals surface area contributed by atoms with Crippen LogP contribution in [0.4, 0.5) is 0 Å². The zero-order valence-corrected chi connectivity index (χ0v) is 21.5. The van der Waals surface area contributed by atoms with Gasteiger partial charge in [0.2, 0.25) is 0 Å². The van der Waals surface area contributed by atoms with Gasteiger partial charge in [0.15, 0.2) is 0 Å². The first-order valence-corrected chi connectivity index (χ1v) is 12.6. The summed E-state index contributed by atoms with van der Waals surface area (Å²) >= 11 is 0. The third kappa shape index (κ3) is 5.32. The molecule has 172 valence electrons. The fraction of sp³-hybridized carbons (Fsp3) is 0.394. The van der Waals surface area contributed by atoms with Gasteiger partial charge in [-0.1, -0.05) is 106 Å².